The summed E-state index contributed by atoms with van der Waals surface area (Å²) in [5.41, 5.74) is 0. The van der Waals surface area contributed by atoms with Gasteiger partial charge in [-0.25, -0.2) is 0 Å². The van der Waals surface area contributed by atoms with Crippen molar-refractivity contribution in [2.75, 3.05) is 13.1 Å². The lowest BCUT2D eigenvalue weighted by molar-refractivity contribution is -0.289. The second kappa shape index (κ2) is 5.87. The van der Waals surface area contributed by atoms with Gasteiger partial charge >= 0.3 is 12.1 Å². The van der Waals surface area contributed by atoms with Gasteiger partial charge in [-0.1, -0.05) is 18.3 Å². The predicted molar refractivity (Wildman–Crippen MR) is 56.7 cm³/mol. The first-order valence-corrected chi connectivity index (χ1v) is 6.08. The van der Waals surface area contributed by atoms with Gasteiger partial charge in [-0.05, 0) is 13.0 Å². The predicted octanol–water partition coefficient (Wildman–Crippen LogP) is 2.73. The van der Waals surface area contributed by atoms with Crippen LogP contribution in [0.2, 0.25) is 0 Å². The van der Waals surface area contributed by atoms with Crippen LogP contribution < -0.4 is 5.32 Å². The average molecular weight is 289 g/mol. The Labute approximate surface area is 104 Å². The number of nitrogens with one attached hydrogen (secondary N) is 1. The van der Waals surface area contributed by atoms with Crippen LogP contribution in [0.25, 0.3) is 0 Å². The highest BCUT2D eigenvalue weighted by molar-refractivity contribution is 7.11. The van der Waals surface area contributed by atoms with Gasteiger partial charge in [-0.15, -0.1) is 10.2 Å². The zero-order valence-electron chi connectivity index (χ0n) is 9.52. The molecule has 0 radical (unpaired) electrons. The molecule has 1 rings (SSSR count). The number of hydrogen-bond donors (Lipinski definition) is 1. The van der Waals surface area contributed by atoms with E-state index in [2.05, 4.69) is 15.5 Å². The van der Waals surface area contributed by atoms with Crippen molar-refractivity contribution in [3.05, 3.63) is 10.0 Å². The molecule has 0 fully saturated rings. The largest absolute Gasteiger partial charge is 0.460 e. The average Bonchev–Trinajstić information content (AvgIpc) is 2.72. The molecule has 0 spiro atoms. The summed E-state index contributed by atoms with van der Waals surface area (Å²) in [7, 11) is 0. The van der Waals surface area contributed by atoms with E-state index in [0.29, 0.717) is 17.9 Å². The van der Waals surface area contributed by atoms with E-state index in [4.69, 9.17) is 0 Å². The van der Waals surface area contributed by atoms with Gasteiger partial charge in [0.25, 0.3) is 0 Å². The molecule has 0 amide bonds. The van der Waals surface area contributed by atoms with Crippen LogP contribution in [-0.2, 0) is 12.3 Å². The van der Waals surface area contributed by atoms with E-state index in [0.717, 1.165) is 13.0 Å². The van der Waals surface area contributed by atoms with Crippen molar-refractivity contribution in [1.29, 1.82) is 0 Å². The number of nitrogens with zero attached hydrogens (tertiary/aromatic N) is 2. The number of rotatable bonds is 6. The lowest BCUT2D eigenvalue weighted by Crippen LogP contribution is -2.33. The SMILES string of the molecule is CCCNCCc1nnc(C(F)(F)C(F)(F)F)s1. The molecule has 0 aliphatic carbocycles. The monoisotopic (exact) mass is 289 g/mol. The number of aromatic nitrogens is 2. The summed E-state index contributed by atoms with van der Waals surface area (Å²) in [6.45, 7) is 3.18. The van der Waals surface area contributed by atoms with Gasteiger partial charge in [-0.2, -0.15) is 22.0 Å². The number of hydrogen-bond acceptors (Lipinski definition) is 4. The maximum absolute atomic E-state index is 12.9. The molecule has 1 heterocycles. The summed E-state index contributed by atoms with van der Waals surface area (Å²) in [6.07, 6.45) is -4.44. The molecule has 3 nitrogen and oxygen atoms in total. The molecular weight excluding hydrogens is 277 g/mol. The van der Waals surface area contributed by atoms with Gasteiger partial charge in [0, 0.05) is 13.0 Å². The quantitative estimate of drug-likeness (QED) is 0.646. The molecule has 0 bridgehead atoms. The third-order valence-electron chi connectivity index (χ3n) is 2.03. The highest BCUT2D eigenvalue weighted by Gasteiger charge is 2.61. The third kappa shape index (κ3) is 3.58. The van der Waals surface area contributed by atoms with E-state index in [9.17, 15) is 22.0 Å². The molecule has 1 aromatic rings. The Morgan fingerprint density at radius 1 is 1.11 bits per heavy atom. The van der Waals surface area contributed by atoms with E-state index in [1.165, 1.54) is 0 Å². The fourth-order valence-corrected chi connectivity index (χ4v) is 1.93. The normalized spacial score (nSPS) is 13.0. The summed E-state index contributed by atoms with van der Waals surface area (Å²) in [4.78, 5) is 0. The minimum atomic E-state index is -5.63. The first kappa shape index (κ1) is 15.2. The molecule has 18 heavy (non-hydrogen) atoms. The van der Waals surface area contributed by atoms with Crippen LogP contribution in [-0.4, -0.2) is 29.5 Å². The molecule has 0 aromatic carbocycles. The Balaban J connectivity index is 2.63. The molecule has 9 heteroatoms. The second-order valence-electron chi connectivity index (χ2n) is 3.57. The summed E-state index contributed by atoms with van der Waals surface area (Å²) < 4.78 is 61.9. The van der Waals surface area contributed by atoms with Gasteiger partial charge in [-0.3, -0.25) is 0 Å². The van der Waals surface area contributed by atoms with Gasteiger partial charge in [0.1, 0.15) is 5.01 Å². The molecule has 0 unspecified atom stereocenters. The minimum Gasteiger partial charge on any atom is -0.316 e. The standard InChI is InChI=1S/C9H12F5N3S/c1-2-4-15-5-3-6-16-17-7(18-6)8(10,11)9(12,13)14/h15H,2-5H2,1H3. The Kier molecular flexibility index (Phi) is 4.97. The van der Waals surface area contributed by atoms with Crippen molar-refractivity contribution in [2.45, 2.75) is 31.9 Å². The summed E-state index contributed by atoms with van der Waals surface area (Å²) in [5, 5.41) is 8.12. The van der Waals surface area contributed by atoms with Crippen molar-refractivity contribution in [3.63, 3.8) is 0 Å². The smallest absolute Gasteiger partial charge is 0.316 e. The van der Waals surface area contributed by atoms with Crippen molar-refractivity contribution in [3.8, 4) is 0 Å². The van der Waals surface area contributed by atoms with E-state index >= 15 is 0 Å². The van der Waals surface area contributed by atoms with Gasteiger partial charge in [0.2, 0.25) is 0 Å². The van der Waals surface area contributed by atoms with E-state index in [1.54, 1.807) is 0 Å². The van der Waals surface area contributed by atoms with Crippen molar-refractivity contribution >= 4 is 11.3 Å². The molecule has 0 atom stereocenters. The van der Waals surface area contributed by atoms with Crippen LogP contribution in [0.1, 0.15) is 23.4 Å². The molecule has 1 aromatic heterocycles. The fraction of sp³-hybridized carbons (Fsp3) is 0.778. The highest BCUT2D eigenvalue weighted by atomic mass is 32.1. The van der Waals surface area contributed by atoms with Crippen LogP contribution in [0.4, 0.5) is 22.0 Å². The Morgan fingerprint density at radius 3 is 2.33 bits per heavy atom. The van der Waals surface area contributed by atoms with E-state index in [1.807, 2.05) is 6.92 Å². The Bertz CT molecular complexity index is 377. The molecule has 104 valence electrons. The van der Waals surface area contributed by atoms with Crippen LogP contribution in [0, 0.1) is 0 Å². The maximum Gasteiger partial charge on any atom is 0.460 e. The first-order valence-electron chi connectivity index (χ1n) is 5.27. The minimum absolute atomic E-state index is 0.164. The molecule has 0 aliphatic heterocycles. The Morgan fingerprint density at radius 2 is 1.78 bits per heavy atom. The lowest BCUT2D eigenvalue weighted by Gasteiger charge is -2.15. The molecular formula is C9H12F5N3S. The molecule has 0 aliphatic rings. The molecule has 0 saturated heterocycles. The van der Waals surface area contributed by atoms with Crippen LogP contribution in [0.15, 0.2) is 0 Å². The van der Waals surface area contributed by atoms with Crippen LogP contribution in [0.3, 0.4) is 0 Å². The topological polar surface area (TPSA) is 37.8 Å². The highest BCUT2D eigenvalue weighted by Crippen LogP contribution is 2.44. The zero-order valence-corrected chi connectivity index (χ0v) is 10.3. The van der Waals surface area contributed by atoms with Gasteiger partial charge in [0.15, 0.2) is 5.01 Å². The third-order valence-corrected chi connectivity index (χ3v) is 3.09. The van der Waals surface area contributed by atoms with E-state index in [-0.39, 0.29) is 11.4 Å². The number of halogens is 5. The van der Waals surface area contributed by atoms with Crippen molar-refractivity contribution < 1.29 is 22.0 Å². The van der Waals surface area contributed by atoms with Crippen LogP contribution in [0.5, 0.6) is 0 Å². The van der Waals surface area contributed by atoms with Crippen molar-refractivity contribution in [2.24, 2.45) is 0 Å². The van der Waals surface area contributed by atoms with Gasteiger partial charge in [0.05, 0.1) is 0 Å². The summed E-state index contributed by atoms with van der Waals surface area (Å²) in [5.74, 6) is -4.93. The first-order chi connectivity index (χ1) is 8.29. The van der Waals surface area contributed by atoms with Crippen molar-refractivity contribution in [1.82, 2.24) is 15.5 Å². The fourth-order valence-electron chi connectivity index (χ4n) is 1.10. The second-order valence-corrected chi connectivity index (χ2v) is 4.64. The van der Waals surface area contributed by atoms with E-state index < -0.39 is 17.1 Å². The summed E-state index contributed by atoms with van der Waals surface area (Å²) >= 11 is 0.293. The van der Waals surface area contributed by atoms with Crippen LogP contribution >= 0.6 is 11.3 Å². The lowest BCUT2D eigenvalue weighted by atomic mass is 10.3. The Hall–Kier alpha value is -0.830. The molecule has 1 N–H and O–H groups in total. The molecule has 0 saturated carbocycles. The zero-order chi connectivity index (χ0) is 13.8. The summed E-state index contributed by atoms with van der Waals surface area (Å²) in [6, 6.07) is 0. The number of alkyl halides is 5. The maximum atomic E-state index is 12.9. The van der Waals surface area contributed by atoms with Gasteiger partial charge < -0.3 is 5.32 Å².